The smallest absolute Gasteiger partial charge is 0.311 e. The van der Waals surface area contributed by atoms with Gasteiger partial charge in [0, 0.05) is 24.8 Å². The van der Waals surface area contributed by atoms with Gasteiger partial charge in [0.05, 0.1) is 5.41 Å². The van der Waals surface area contributed by atoms with Crippen LogP contribution in [0.15, 0.2) is 12.4 Å². The number of carboxylic acid groups (broad SMARTS) is 1. The summed E-state index contributed by atoms with van der Waals surface area (Å²) in [7, 11) is 0. The fraction of sp³-hybridized carbons (Fsp3) is 0.643. The number of rotatable bonds is 4. The number of hydrogen-bond donors (Lipinski definition) is 1. The van der Waals surface area contributed by atoms with Gasteiger partial charge in [0.1, 0.15) is 12.1 Å². The number of nitrogens with zero attached hydrogens (tertiary/aromatic N) is 3. The van der Waals surface area contributed by atoms with Crippen LogP contribution in [0.25, 0.3) is 0 Å². The third-order valence-corrected chi connectivity index (χ3v) is 3.75. The monoisotopic (exact) mass is 263 g/mol. The predicted molar refractivity (Wildman–Crippen MR) is 73.2 cm³/mol. The Morgan fingerprint density at radius 2 is 2.32 bits per heavy atom. The lowest BCUT2D eigenvalue weighted by molar-refractivity contribution is -0.148. The molecule has 1 aromatic heterocycles. The summed E-state index contributed by atoms with van der Waals surface area (Å²) in [4.78, 5) is 22.0. The molecule has 5 nitrogen and oxygen atoms in total. The molecule has 2 rings (SSSR count). The van der Waals surface area contributed by atoms with Gasteiger partial charge in [-0.05, 0) is 26.2 Å². The van der Waals surface area contributed by atoms with E-state index in [9.17, 15) is 9.90 Å². The SMILES string of the molecule is CCCc1cc(N2CCCC(C)(C(=O)O)C2)ncn1. The van der Waals surface area contributed by atoms with Gasteiger partial charge in [0.2, 0.25) is 0 Å². The van der Waals surface area contributed by atoms with E-state index < -0.39 is 11.4 Å². The molecule has 1 atom stereocenters. The molecule has 1 aliphatic heterocycles. The zero-order valence-electron chi connectivity index (χ0n) is 11.6. The number of carboxylic acids is 1. The third-order valence-electron chi connectivity index (χ3n) is 3.75. The first kappa shape index (κ1) is 13.8. The highest BCUT2D eigenvalue weighted by Gasteiger charge is 2.38. The van der Waals surface area contributed by atoms with Crippen molar-refractivity contribution in [3.63, 3.8) is 0 Å². The minimum absolute atomic E-state index is 0.519. The first-order valence-electron chi connectivity index (χ1n) is 6.84. The molecular formula is C14H21N3O2. The van der Waals surface area contributed by atoms with Crippen LogP contribution in [0.2, 0.25) is 0 Å². The van der Waals surface area contributed by atoms with E-state index >= 15 is 0 Å². The molecule has 19 heavy (non-hydrogen) atoms. The molecule has 0 spiro atoms. The van der Waals surface area contributed by atoms with Gasteiger partial charge in [-0.2, -0.15) is 0 Å². The van der Waals surface area contributed by atoms with Crippen LogP contribution in [0.1, 0.15) is 38.8 Å². The molecule has 5 heteroatoms. The Hall–Kier alpha value is -1.65. The van der Waals surface area contributed by atoms with Gasteiger partial charge in [-0.15, -0.1) is 0 Å². The summed E-state index contributed by atoms with van der Waals surface area (Å²) in [6, 6.07) is 1.98. The molecule has 2 heterocycles. The summed E-state index contributed by atoms with van der Waals surface area (Å²) < 4.78 is 0. The standard InChI is InChI=1S/C14H21N3O2/c1-3-5-11-8-12(16-10-15-11)17-7-4-6-14(2,9-17)13(18)19/h8,10H,3-7,9H2,1-2H3,(H,18,19). The van der Waals surface area contributed by atoms with E-state index in [0.717, 1.165) is 43.7 Å². The minimum Gasteiger partial charge on any atom is -0.481 e. The van der Waals surface area contributed by atoms with E-state index in [0.29, 0.717) is 6.54 Å². The van der Waals surface area contributed by atoms with Crippen LogP contribution < -0.4 is 4.90 Å². The average molecular weight is 263 g/mol. The summed E-state index contributed by atoms with van der Waals surface area (Å²) in [6.45, 7) is 5.32. The average Bonchev–Trinajstić information content (AvgIpc) is 2.39. The molecule has 0 bridgehead atoms. The number of aryl methyl sites for hydroxylation is 1. The molecule has 0 saturated carbocycles. The van der Waals surface area contributed by atoms with Gasteiger partial charge >= 0.3 is 5.97 Å². The van der Waals surface area contributed by atoms with Crippen LogP contribution in [-0.2, 0) is 11.2 Å². The van der Waals surface area contributed by atoms with Gasteiger partial charge in [-0.1, -0.05) is 13.3 Å². The Labute approximate surface area is 113 Å². The lowest BCUT2D eigenvalue weighted by Gasteiger charge is -2.38. The van der Waals surface area contributed by atoms with E-state index in [4.69, 9.17) is 0 Å². The normalized spacial score (nSPS) is 23.4. The second-order valence-electron chi connectivity index (χ2n) is 5.51. The van der Waals surface area contributed by atoms with Gasteiger partial charge in [-0.3, -0.25) is 4.79 Å². The van der Waals surface area contributed by atoms with Gasteiger partial charge in [-0.25, -0.2) is 9.97 Å². The van der Waals surface area contributed by atoms with Gasteiger partial charge < -0.3 is 10.0 Å². The van der Waals surface area contributed by atoms with Crippen molar-refractivity contribution in [1.29, 1.82) is 0 Å². The zero-order chi connectivity index (χ0) is 13.9. The Morgan fingerprint density at radius 1 is 1.53 bits per heavy atom. The van der Waals surface area contributed by atoms with Crippen molar-refractivity contribution in [3.8, 4) is 0 Å². The summed E-state index contributed by atoms with van der Waals surface area (Å²) in [6.07, 6.45) is 5.16. The maximum absolute atomic E-state index is 11.4. The van der Waals surface area contributed by atoms with Crippen LogP contribution in [0, 0.1) is 5.41 Å². The second-order valence-corrected chi connectivity index (χ2v) is 5.51. The highest BCUT2D eigenvalue weighted by molar-refractivity contribution is 5.75. The molecule has 104 valence electrons. The fourth-order valence-corrected chi connectivity index (χ4v) is 2.56. The number of anilines is 1. The highest BCUT2D eigenvalue weighted by Crippen LogP contribution is 2.31. The van der Waals surface area contributed by atoms with Crippen LogP contribution >= 0.6 is 0 Å². The van der Waals surface area contributed by atoms with Crippen molar-refractivity contribution < 1.29 is 9.90 Å². The second kappa shape index (κ2) is 5.55. The topological polar surface area (TPSA) is 66.3 Å². The molecule has 0 aromatic carbocycles. The van der Waals surface area contributed by atoms with Crippen LogP contribution in [0.5, 0.6) is 0 Å². The van der Waals surface area contributed by atoms with Crippen LogP contribution in [0.3, 0.4) is 0 Å². The lowest BCUT2D eigenvalue weighted by Crippen LogP contribution is -2.46. The summed E-state index contributed by atoms with van der Waals surface area (Å²) in [5.74, 6) is 0.130. The van der Waals surface area contributed by atoms with Gasteiger partial charge in [0.15, 0.2) is 0 Å². The van der Waals surface area contributed by atoms with Crippen LogP contribution in [-0.4, -0.2) is 34.1 Å². The Kier molecular flexibility index (Phi) is 4.02. The molecular weight excluding hydrogens is 242 g/mol. The molecule has 1 aliphatic rings. The summed E-state index contributed by atoms with van der Waals surface area (Å²) >= 11 is 0. The summed E-state index contributed by atoms with van der Waals surface area (Å²) in [5, 5.41) is 9.34. The van der Waals surface area contributed by atoms with Crippen molar-refractivity contribution in [2.45, 2.75) is 39.5 Å². The van der Waals surface area contributed by atoms with Gasteiger partial charge in [0.25, 0.3) is 0 Å². The van der Waals surface area contributed by atoms with E-state index in [-0.39, 0.29) is 0 Å². The zero-order valence-corrected chi connectivity index (χ0v) is 11.6. The maximum Gasteiger partial charge on any atom is 0.311 e. The summed E-state index contributed by atoms with van der Waals surface area (Å²) in [5.41, 5.74) is 0.351. The van der Waals surface area contributed by atoms with Crippen molar-refractivity contribution in [2.24, 2.45) is 5.41 Å². The maximum atomic E-state index is 11.4. The van der Waals surface area contributed by atoms with E-state index in [1.165, 1.54) is 0 Å². The fourth-order valence-electron chi connectivity index (χ4n) is 2.56. The number of hydrogen-bond acceptors (Lipinski definition) is 4. The van der Waals surface area contributed by atoms with Crippen molar-refractivity contribution >= 4 is 11.8 Å². The molecule has 0 amide bonds. The van der Waals surface area contributed by atoms with Crippen molar-refractivity contribution in [3.05, 3.63) is 18.1 Å². The molecule has 1 N–H and O–H groups in total. The number of aliphatic carboxylic acids is 1. The number of carbonyl (C=O) groups is 1. The van der Waals surface area contributed by atoms with E-state index in [2.05, 4.69) is 21.8 Å². The third kappa shape index (κ3) is 3.03. The minimum atomic E-state index is -0.722. The number of piperidine rings is 1. The van der Waals surface area contributed by atoms with Crippen molar-refractivity contribution in [2.75, 3.05) is 18.0 Å². The lowest BCUT2D eigenvalue weighted by atomic mass is 9.82. The molecule has 1 aromatic rings. The molecule has 1 saturated heterocycles. The predicted octanol–water partition coefficient (Wildman–Crippen LogP) is 2.12. The van der Waals surface area contributed by atoms with Crippen molar-refractivity contribution in [1.82, 2.24) is 9.97 Å². The molecule has 1 fully saturated rings. The Morgan fingerprint density at radius 3 is 3.00 bits per heavy atom. The molecule has 0 radical (unpaired) electrons. The van der Waals surface area contributed by atoms with E-state index in [1.807, 2.05) is 13.0 Å². The first-order valence-corrected chi connectivity index (χ1v) is 6.84. The van der Waals surface area contributed by atoms with Crippen LogP contribution in [0.4, 0.5) is 5.82 Å². The Balaban J connectivity index is 2.17. The number of aromatic nitrogens is 2. The highest BCUT2D eigenvalue weighted by atomic mass is 16.4. The largest absolute Gasteiger partial charge is 0.481 e. The Bertz CT molecular complexity index is 464. The quantitative estimate of drug-likeness (QED) is 0.901. The first-order chi connectivity index (χ1) is 9.05. The molecule has 1 unspecified atom stereocenters. The molecule has 0 aliphatic carbocycles. The van der Waals surface area contributed by atoms with E-state index in [1.54, 1.807) is 6.33 Å².